The Morgan fingerprint density at radius 1 is 1.26 bits per heavy atom. The van der Waals surface area contributed by atoms with E-state index in [0.29, 0.717) is 35.9 Å². The highest BCUT2D eigenvalue weighted by atomic mass is 32.1. The minimum Gasteiger partial charge on any atom is -0.493 e. The molecule has 34 heavy (non-hydrogen) atoms. The predicted octanol–water partition coefficient (Wildman–Crippen LogP) is 4.72. The molecule has 1 fully saturated rings. The van der Waals surface area contributed by atoms with Crippen molar-refractivity contribution in [2.24, 2.45) is 0 Å². The van der Waals surface area contributed by atoms with Crippen LogP contribution in [0, 0.1) is 0 Å². The number of hydrogen-bond acceptors (Lipinski definition) is 7. The Labute approximate surface area is 203 Å². The molecule has 0 radical (unpaired) electrons. The van der Waals surface area contributed by atoms with E-state index in [2.05, 4.69) is 5.32 Å². The molecule has 7 nitrogen and oxygen atoms in total. The molecule has 1 saturated heterocycles. The maximum atomic E-state index is 13.8. The number of methoxy groups -OCH3 is 1. The van der Waals surface area contributed by atoms with Gasteiger partial charge in [-0.05, 0) is 31.5 Å². The van der Waals surface area contributed by atoms with Gasteiger partial charge in [-0.2, -0.15) is 0 Å². The van der Waals surface area contributed by atoms with Crippen molar-refractivity contribution in [3.8, 4) is 28.5 Å². The van der Waals surface area contributed by atoms with Crippen LogP contribution in [0.4, 0.5) is 0 Å². The lowest BCUT2D eigenvalue weighted by molar-refractivity contribution is -0.0439. The normalized spacial score (nSPS) is 18.1. The van der Waals surface area contributed by atoms with Crippen molar-refractivity contribution < 1.29 is 19.0 Å². The van der Waals surface area contributed by atoms with E-state index in [1.54, 1.807) is 30.6 Å². The molecule has 0 bridgehead atoms. The van der Waals surface area contributed by atoms with Gasteiger partial charge in [-0.15, -0.1) is 11.3 Å². The summed E-state index contributed by atoms with van der Waals surface area (Å²) < 4.78 is 17.3. The first-order chi connectivity index (χ1) is 16.4. The molecule has 1 aromatic heterocycles. The summed E-state index contributed by atoms with van der Waals surface area (Å²) in [4.78, 5) is 20.5. The topological polar surface area (TPSA) is 72.9 Å². The third-order valence-corrected chi connectivity index (χ3v) is 6.86. The van der Waals surface area contributed by atoms with E-state index in [9.17, 15) is 4.79 Å². The number of amides is 1. The van der Waals surface area contributed by atoms with Crippen LogP contribution in [0.1, 0.15) is 42.1 Å². The first-order valence-corrected chi connectivity index (χ1v) is 12.4. The highest BCUT2D eigenvalue weighted by molar-refractivity contribution is 7.09. The maximum Gasteiger partial charge on any atom is 0.254 e. The Kier molecular flexibility index (Phi) is 6.18. The van der Waals surface area contributed by atoms with Crippen molar-refractivity contribution in [3.05, 3.63) is 58.4 Å². The van der Waals surface area contributed by atoms with E-state index in [-0.39, 0.29) is 11.9 Å². The second-order valence-electron chi connectivity index (χ2n) is 9.08. The van der Waals surface area contributed by atoms with E-state index in [4.69, 9.17) is 19.2 Å². The van der Waals surface area contributed by atoms with Crippen LogP contribution in [-0.4, -0.2) is 47.8 Å². The number of thiazole rings is 1. The lowest BCUT2D eigenvalue weighted by atomic mass is 10.1. The molecule has 1 N–H and O–H groups in total. The zero-order valence-electron chi connectivity index (χ0n) is 19.7. The van der Waals surface area contributed by atoms with E-state index in [1.807, 2.05) is 54.5 Å². The van der Waals surface area contributed by atoms with Gasteiger partial charge in [0.25, 0.3) is 5.91 Å². The molecule has 178 valence electrons. The van der Waals surface area contributed by atoms with E-state index >= 15 is 0 Å². The molecule has 5 rings (SSSR count). The molecule has 0 spiro atoms. The summed E-state index contributed by atoms with van der Waals surface area (Å²) in [5, 5.41) is 6.46. The van der Waals surface area contributed by atoms with Crippen LogP contribution in [0.3, 0.4) is 0 Å². The van der Waals surface area contributed by atoms with Crippen molar-refractivity contribution in [3.63, 3.8) is 0 Å². The van der Waals surface area contributed by atoms with Crippen molar-refractivity contribution in [1.82, 2.24) is 15.2 Å². The van der Waals surface area contributed by atoms with Gasteiger partial charge in [-0.3, -0.25) is 4.79 Å². The summed E-state index contributed by atoms with van der Waals surface area (Å²) in [6.07, 6.45) is 2.17. The third kappa shape index (κ3) is 4.74. The summed E-state index contributed by atoms with van der Waals surface area (Å²) in [7, 11) is 1.57. The quantitative estimate of drug-likeness (QED) is 0.529. The molecule has 0 unspecified atom stereocenters. The van der Waals surface area contributed by atoms with E-state index in [1.165, 1.54) is 0 Å². The Morgan fingerprint density at radius 2 is 2.09 bits per heavy atom. The number of nitrogens with one attached hydrogen (secondary N) is 1. The lowest BCUT2D eigenvalue weighted by Gasteiger charge is -2.25. The van der Waals surface area contributed by atoms with Crippen LogP contribution in [0.15, 0.2) is 47.8 Å². The van der Waals surface area contributed by atoms with Crippen LogP contribution < -0.4 is 19.5 Å². The second-order valence-corrected chi connectivity index (χ2v) is 10.0. The summed E-state index contributed by atoms with van der Waals surface area (Å²) in [6.45, 7) is 5.70. The zero-order valence-corrected chi connectivity index (χ0v) is 20.5. The van der Waals surface area contributed by atoms with E-state index < -0.39 is 5.79 Å². The number of fused-ring (bicyclic) bond motifs is 1. The molecule has 2 aromatic carbocycles. The molecule has 1 atom stereocenters. The first kappa shape index (κ1) is 22.7. The molecule has 1 amide bonds. The number of rotatable bonds is 7. The fourth-order valence-corrected chi connectivity index (χ4v) is 5.25. The van der Waals surface area contributed by atoms with Gasteiger partial charge in [-0.1, -0.05) is 30.3 Å². The number of benzene rings is 2. The SMILES string of the molecule is COc1cc(C(=O)N(Cc2nc(-c3ccccc3)cs2)C[C@@H]2CCCN2)cc2c1OC(C)(C)O2. The van der Waals surface area contributed by atoms with Gasteiger partial charge < -0.3 is 24.4 Å². The Bertz CT molecular complexity index is 1170. The van der Waals surface area contributed by atoms with Crippen LogP contribution >= 0.6 is 11.3 Å². The van der Waals surface area contributed by atoms with Crippen LogP contribution in [0.2, 0.25) is 0 Å². The number of carbonyl (C=O) groups is 1. The van der Waals surface area contributed by atoms with Crippen molar-refractivity contribution >= 4 is 17.2 Å². The predicted molar refractivity (Wildman–Crippen MR) is 132 cm³/mol. The fraction of sp³-hybridized carbons (Fsp3) is 0.385. The third-order valence-electron chi connectivity index (χ3n) is 6.03. The van der Waals surface area contributed by atoms with Gasteiger partial charge in [0, 0.05) is 42.9 Å². The summed E-state index contributed by atoms with van der Waals surface area (Å²) in [6, 6.07) is 13.8. The minimum atomic E-state index is -0.806. The molecule has 2 aliphatic rings. The van der Waals surface area contributed by atoms with Crippen molar-refractivity contribution in [2.75, 3.05) is 20.2 Å². The van der Waals surface area contributed by atoms with Crippen LogP contribution in [0.25, 0.3) is 11.3 Å². The maximum absolute atomic E-state index is 13.8. The second kappa shape index (κ2) is 9.27. The minimum absolute atomic E-state index is 0.0837. The molecular formula is C26H29N3O4S. The molecule has 8 heteroatoms. The molecular weight excluding hydrogens is 450 g/mol. The number of ether oxygens (including phenoxy) is 3. The van der Waals surface area contributed by atoms with Gasteiger partial charge >= 0.3 is 0 Å². The zero-order chi connectivity index (χ0) is 23.7. The van der Waals surface area contributed by atoms with Crippen LogP contribution in [-0.2, 0) is 6.54 Å². The standard InChI is InChI=1S/C26H29N3O4S/c1-26(2)32-22-13-18(12-21(31-3)24(22)33-26)25(30)29(14-19-10-7-11-27-19)15-23-28-20(16-34-23)17-8-5-4-6-9-17/h4-6,8-9,12-13,16,19,27H,7,10-11,14-15H2,1-3H3/t19-/m0/s1. The Balaban J connectivity index is 1.42. The summed E-state index contributed by atoms with van der Waals surface area (Å²) in [5.74, 6) is 0.651. The molecule has 3 heterocycles. The fourth-order valence-electron chi connectivity index (χ4n) is 4.43. The summed E-state index contributed by atoms with van der Waals surface area (Å²) in [5.41, 5.74) is 2.51. The van der Waals surface area contributed by atoms with Gasteiger partial charge in [0.15, 0.2) is 11.5 Å². The number of nitrogens with zero attached hydrogens (tertiary/aromatic N) is 2. The van der Waals surface area contributed by atoms with E-state index in [0.717, 1.165) is 35.7 Å². The molecule has 3 aromatic rings. The highest BCUT2D eigenvalue weighted by Gasteiger charge is 2.36. The monoisotopic (exact) mass is 479 g/mol. The Hall–Kier alpha value is -3.10. The highest BCUT2D eigenvalue weighted by Crippen LogP contribution is 2.46. The number of aromatic nitrogens is 1. The van der Waals surface area contributed by atoms with Gasteiger partial charge in [0.05, 0.1) is 19.3 Å². The molecule has 0 saturated carbocycles. The smallest absolute Gasteiger partial charge is 0.254 e. The molecule has 0 aliphatic carbocycles. The first-order valence-electron chi connectivity index (χ1n) is 11.5. The van der Waals surface area contributed by atoms with Gasteiger partial charge in [0.1, 0.15) is 5.01 Å². The molecule has 2 aliphatic heterocycles. The average Bonchev–Trinajstić information content (AvgIpc) is 3.57. The number of carbonyl (C=O) groups excluding carboxylic acids is 1. The largest absolute Gasteiger partial charge is 0.493 e. The van der Waals surface area contributed by atoms with Crippen LogP contribution in [0.5, 0.6) is 17.2 Å². The number of hydrogen-bond donors (Lipinski definition) is 1. The lowest BCUT2D eigenvalue weighted by Crippen LogP contribution is -2.40. The average molecular weight is 480 g/mol. The van der Waals surface area contributed by atoms with Gasteiger partial charge in [-0.25, -0.2) is 4.98 Å². The van der Waals surface area contributed by atoms with Crippen molar-refractivity contribution in [1.29, 1.82) is 0 Å². The van der Waals surface area contributed by atoms with Crippen molar-refractivity contribution in [2.45, 2.75) is 45.1 Å². The Morgan fingerprint density at radius 3 is 2.82 bits per heavy atom. The summed E-state index contributed by atoms with van der Waals surface area (Å²) >= 11 is 1.58. The van der Waals surface area contributed by atoms with Gasteiger partial charge in [0.2, 0.25) is 11.5 Å².